The molecule has 0 saturated heterocycles. The highest BCUT2D eigenvalue weighted by Crippen LogP contribution is 2.12. The maximum absolute atomic E-state index is 12.0. The summed E-state index contributed by atoms with van der Waals surface area (Å²) in [5, 5.41) is 2.92. The molecule has 110 valence electrons. The van der Waals surface area contributed by atoms with Crippen molar-refractivity contribution in [2.75, 3.05) is 18.9 Å². The predicted molar refractivity (Wildman–Crippen MR) is 95.3 cm³/mol. The molecule has 4 heteroatoms. The van der Waals surface area contributed by atoms with Crippen LogP contribution < -0.4 is 5.32 Å². The summed E-state index contributed by atoms with van der Waals surface area (Å²) < 4.78 is 1.11. The molecule has 0 fully saturated rings. The molecule has 21 heavy (non-hydrogen) atoms. The summed E-state index contributed by atoms with van der Waals surface area (Å²) in [6.45, 7) is 3.21. The number of anilines is 1. The number of hydrogen-bond donors (Lipinski definition) is 1. The third kappa shape index (κ3) is 5.47. The number of rotatable bonds is 5. The minimum absolute atomic E-state index is 0.00612. The van der Waals surface area contributed by atoms with E-state index in [0.717, 1.165) is 15.8 Å². The summed E-state index contributed by atoms with van der Waals surface area (Å²) in [4.78, 5) is 14.0. The van der Waals surface area contributed by atoms with Crippen LogP contribution in [-0.4, -0.2) is 24.4 Å². The molecule has 0 atom stereocenters. The van der Waals surface area contributed by atoms with Crippen molar-refractivity contribution < 1.29 is 4.79 Å². The van der Waals surface area contributed by atoms with Crippen molar-refractivity contribution in [3.05, 3.63) is 63.2 Å². The Labute approximate surface area is 139 Å². The van der Waals surface area contributed by atoms with Crippen molar-refractivity contribution in [2.45, 2.75) is 13.5 Å². The molecular weight excluding hydrogens is 375 g/mol. The number of aryl methyl sites for hydroxylation is 1. The van der Waals surface area contributed by atoms with E-state index in [9.17, 15) is 4.79 Å². The molecule has 0 radical (unpaired) electrons. The minimum Gasteiger partial charge on any atom is -0.325 e. The Hall–Kier alpha value is -1.40. The van der Waals surface area contributed by atoms with Gasteiger partial charge in [-0.25, -0.2) is 0 Å². The van der Waals surface area contributed by atoms with E-state index in [1.54, 1.807) is 0 Å². The fourth-order valence-corrected chi connectivity index (χ4v) is 2.62. The number of benzene rings is 2. The van der Waals surface area contributed by atoms with E-state index in [0.29, 0.717) is 6.54 Å². The van der Waals surface area contributed by atoms with Gasteiger partial charge in [-0.1, -0.05) is 35.9 Å². The highest BCUT2D eigenvalue weighted by molar-refractivity contribution is 14.1. The monoisotopic (exact) mass is 394 g/mol. The molecule has 0 aliphatic carbocycles. The van der Waals surface area contributed by atoms with E-state index in [1.165, 1.54) is 11.1 Å². The zero-order chi connectivity index (χ0) is 15.2. The van der Waals surface area contributed by atoms with Crippen molar-refractivity contribution in [2.24, 2.45) is 0 Å². The third-order valence-corrected chi connectivity index (χ3v) is 3.77. The average molecular weight is 394 g/mol. The van der Waals surface area contributed by atoms with Crippen molar-refractivity contribution in [3.8, 4) is 0 Å². The van der Waals surface area contributed by atoms with Crippen LogP contribution in [0.3, 0.4) is 0 Å². The summed E-state index contributed by atoms with van der Waals surface area (Å²) in [5.74, 6) is 0.00612. The fraction of sp³-hybridized carbons (Fsp3) is 0.235. The Kier molecular flexibility index (Phi) is 5.76. The summed E-state index contributed by atoms with van der Waals surface area (Å²) in [5.41, 5.74) is 3.30. The smallest absolute Gasteiger partial charge is 0.238 e. The first kappa shape index (κ1) is 16.0. The molecule has 0 heterocycles. The van der Waals surface area contributed by atoms with E-state index >= 15 is 0 Å². The standard InChI is InChI=1S/C17H19IN2O/c1-13-6-8-14(9-7-13)11-20(2)12-17(21)19-16-5-3-4-15(18)10-16/h3-10H,11-12H2,1-2H3,(H,19,21). The van der Waals surface area contributed by atoms with Crippen LogP contribution >= 0.6 is 22.6 Å². The number of carbonyl (C=O) groups is 1. The van der Waals surface area contributed by atoms with Crippen LogP contribution in [0.1, 0.15) is 11.1 Å². The van der Waals surface area contributed by atoms with E-state index in [1.807, 2.05) is 36.2 Å². The summed E-state index contributed by atoms with van der Waals surface area (Å²) >= 11 is 2.23. The lowest BCUT2D eigenvalue weighted by Gasteiger charge is -2.16. The van der Waals surface area contributed by atoms with E-state index in [-0.39, 0.29) is 5.91 Å². The number of hydrogen-bond acceptors (Lipinski definition) is 2. The lowest BCUT2D eigenvalue weighted by Crippen LogP contribution is -2.29. The van der Waals surface area contributed by atoms with Crippen LogP contribution in [0, 0.1) is 10.5 Å². The Bertz CT molecular complexity index is 610. The molecule has 2 rings (SSSR count). The van der Waals surface area contributed by atoms with Crippen molar-refractivity contribution in [3.63, 3.8) is 0 Å². The first-order valence-corrected chi connectivity index (χ1v) is 7.90. The van der Waals surface area contributed by atoms with Gasteiger partial charge < -0.3 is 5.32 Å². The average Bonchev–Trinajstić information content (AvgIpc) is 2.41. The fourth-order valence-electron chi connectivity index (χ4n) is 2.07. The van der Waals surface area contributed by atoms with E-state index in [4.69, 9.17) is 0 Å². The predicted octanol–water partition coefficient (Wildman–Crippen LogP) is 3.67. The number of amides is 1. The van der Waals surface area contributed by atoms with Crippen LogP contribution in [0.15, 0.2) is 48.5 Å². The Morgan fingerprint density at radius 3 is 2.57 bits per heavy atom. The maximum Gasteiger partial charge on any atom is 0.238 e. The first-order valence-electron chi connectivity index (χ1n) is 6.82. The van der Waals surface area contributed by atoms with Gasteiger partial charge in [-0.2, -0.15) is 0 Å². The second-order valence-electron chi connectivity index (χ2n) is 5.22. The molecular formula is C17H19IN2O. The highest BCUT2D eigenvalue weighted by atomic mass is 127. The van der Waals surface area contributed by atoms with Crippen LogP contribution in [0.2, 0.25) is 0 Å². The van der Waals surface area contributed by atoms with Gasteiger partial charge in [0.2, 0.25) is 5.91 Å². The summed E-state index contributed by atoms with van der Waals surface area (Å²) in [6.07, 6.45) is 0. The van der Waals surface area contributed by atoms with Gasteiger partial charge in [0.25, 0.3) is 0 Å². The first-order chi connectivity index (χ1) is 10.0. The number of nitrogens with one attached hydrogen (secondary N) is 1. The van der Waals surface area contributed by atoms with Gasteiger partial charge in [0.15, 0.2) is 0 Å². The molecule has 0 aromatic heterocycles. The molecule has 0 bridgehead atoms. The molecule has 0 aliphatic rings. The molecule has 1 N–H and O–H groups in total. The number of halogens is 1. The largest absolute Gasteiger partial charge is 0.325 e. The zero-order valence-corrected chi connectivity index (χ0v) is 14.4. The van der Waals surface area contributed by atoms with Gasteiger partial charge in [0, 0.05) is 15.8 Å². The molecule has 3 nitrogen and oxygen atoms in total. The van der Waals surface area contributed by atoms with Crippen molar-refractivity contribution in [1.82, 2.24) is 4.90 Å². The second-order valence-corrected chi connectivity index (χ2v) is 6.46. The van der Waals surface area contributed by atoms with Gasteiger partial charge in [-0.3, -0.25) is 9.69 Å². The second kappa shape index (κ2) is 7.56. The summed E-state index contributed by atoms with van der Waals surface area (Å²) in [7, 11) is 1.95. The quantitative estimate of drug-likeness (QED) is 0.785. The molecule has 0 spiro atoms. The summed E-state index contributed by atoms with van der Waals surface area (Å²) in [6, 6.07) is 16.2. The normalized spacial score (nSPS) is 10.7. The number of likely N-dealkylation sites (N-methyl/N-ethyl adjacent to an activating group) is 1. The molecule has 2 aromatic rings. The highest BCUT2D eigenvalue weighted by Gasteiger charge is 2.07. The Balaban J connectivity index is 1.86. The van der Waals surface area contributed by atoms with Crippen LogP contribution in [0.4, 0.5) is 5.69 Å². The van der Waals surface area contributed by atoms with Crippen LogP contribution in [0.5, 0.6) is 0 Å². The van der Waals surface area contributed by atoms with Gasteiger partial charge in [-0.05, 0) is 60.3 Å². The third-order valence-electron chi connectivity index (χ3n) is 3.09. The van der Waals surface area contributed by atoms with Crippen molar-refractivity contribution >= 4 is 34.2 Å². The molecule has 2 aromatic carbocycles. The SMILES string of the molecule is Cc1ccc(CN(C)CC(=O)Nc2cccc(I)c2)cc1. The van der Waals surface area contributed by atoms with Gasteiger partial charge in [0.1, 0.15) is 0 Å². The molecule has 1 amide bonds. The Morgan fingerprint density at radius 1 is 1.19 bits per heavy atom. The number of carbonyl (C=O) groups excluding carboxylic acids is 1. The molecule has 0 unspecified atom stereocenters. The van der Waals surface area contributed by atoms with E-state index in [2.05, 4.69) is 59.1 Å². The van der Waals surface area contributed by atoms with Gasteiger partial charge in [0.05, 0.1) is 6.54 Å². The van der Waals surface area contributed by atoms with E-state index < -0.39 is 0 Å². The molecule has 0 saturated carbocycles. The van der Waals surface area contributed by atoms with Crippen molar-refractivity contribution in [1.29, 1.82) is 0 Å². The Morgan fingerprint density at radius 2 is 1.90 bits per heavy atom. The topological polar surface area (TPSA) is 32.3 Å². The minimum atomic E-state index is 0.00612. The lowest BCUT2D eigenvalue weighted by atomic mass is 10.1. The zero-order valence-electron chi connectivity index (χ0n) is 12.3. The molecule has 0 aliphatic heterocycles. The maximum atomic E-state index is 12.0. The van der Waals surface area contributed by atoms with Gasteiger partial charge in [-0.15, -0.1) is 0 Å². The van der Waals surface area contributed by atoms with Crippen LogP contribution in [-0.2, 0) is 11.3 Å². The van der Waals surface area contributed by atoms with Gasteiger partial charge >= 0.3 is 0 Å². The lowest BCUT2D eigenvalue weighted by molar-refractivity contribution is -0.117. The number of nitrogens with zero attached hydrogens (tertiary/aromatic N) is 1. The van der Waals surface area contributed by atoms with Crippen LogP contribution in [0.25, 0.3) is 0 Å².